The van der Waals surface area contributed by atoms with Crippen LogP contribution in [0.1, 0.15) is 41.5 Å². The molecule has 3 rings (SSSR count). The zero-order valence-electron chi connectivity index (χ0n) is 17.1. The van der Waals surface area contributed by atoms with Gasteiger partial charge in [0.05, 0.1) is 6.61 Å². The lowest BCUT2D eigenvalue weighted by atomic mass is 10.1. The van der Waals surface area contributed by atoms with Crippen LogP contribution in [0.5, 0.6) is 0 Å². The number of benzene rings is 1. The smallest absolute Gasteiger partial charge is 0.409 e. The first-order valence-corrected chi connectivity index (χ1v) is 9.87. The minimum atomic E-state index is -0.273. The molecule has 154 valence electrons. The van der Waals surface area contributed by atoms with E-state index >= 15 is 0 Å². The van der Waals surface area contributed by atoms with E-state index < -0.39 is 0 Å². The quantitative estimate of drug-likeness (QED) is 0.803. The highest BCUT2D eigenvalue weighted by atomic mass is 16.6. The summed E-state index contributed by atoms with van der Waals surface area (Å²) in [6, 6.07) is 9.41. The van der Waals surface area contributed by atoms with Gasteiger partial charge in [-0.2, -0.15) is 0 Å². The lowest BCUT2D eigenvalue weighted by molar-refractivity contribution is 0.0980. The van der Waals surface area contributed by atoms with E-state index in [9.17, 15) is 9.59 Å². The summed E-state index contributed by atoms with van der Waals surface area (Å²) in [6.45, 7) is 7.18. The number of piperidine rings is 1. The number of likely N-dealkylation sites (tertiary alicyclic amines) is 1. The van der Waals surface area contributed by atoms with Crippen LogP contribution in [0.25, 0.3) is 0 Å². The average Bonchev–Trinajstić information content (AvgIpc) is 2.70. The first-order valence-electron chi connectivity index (χ1n) is 9.87. The second-order valence-corrected chi connectivity index (χ2v) is 7.09. The second kappa shape index (κ2) is 9.36. The van der Waals surface area contributed by atoms with Crippen LogP contribution in [0.2, 0.25) is 0 Å². The van der Waals surface area contributed by atoms with Crippen molar-refractivity contribution < 1.29 is 14.3 Å². The zero-order valence-corrected chi connectivity index (χ0v) is 17.1. The third kappa shape index (κ3) is 5.43. The van der Waals surface area contributed by atoms with Crippen molar-refractivity contribution in [3.05, 3.63) is 47.3 Å². The summed E-state index contributed by atoms with van der Waals surface area (Å²) in [6.07, 6.45) is 1.26. The van der Waals surface area contributed by atoms with Crippen LogP contribution in [0, 0.1) is 13.8 Å². The van der Waals surface area contributed by atoms with Crippen molar-refractivity contribution in [2.24, 2.45) is 0 Å². The molecule has 0 saturated carbocycles. The highest BCUT2D eigenvalue weighted by Gasteiger charge is 2.24. The van der Waals surface area contributed by atoms with Gasteiger partial charge in [-0.1, -0.05) is 18.2 Å². The van der Waals surface area contributed by atoms with E-state index in [0.717, 1.165) is 24.1 Å². The predicted molar refractivity (Wildman–Crippen MR) is 111 cm³/mol. The van der Waals surface area contributed by atoms with Gasteiger partial charge >= 0.3 is 6.09 Å². The molecule has 8 nitrogen and oxygen atoms in total. The number of aryl methyl sites for hydroxylation is 2. The fourth-order valence-electron chi connectivity index (χ4n) is 3.25. The summed E-state index contributed by atoms with van der Waals surface area (Å²) in [5.41, 5.74) is 2.77. The van der Waals surface area contributed by atoms with Gasteiger partial charge in [-0.3, -0.25) is 4.79 Å². The number of rotatable bonds is 5. The molecule has 0 radical (unpaired) electrons. The number of para-hydroxylation sites is 1. The Morgan fingerprint density at radius 3 is 2.59 bits per heavy atom. The van der Waals surface area contributed by atoms with E-state index in [-0.39, 0.29) is 18.0 Å². The Hall–Kier alpha value is -3.16. The van der Waals surface area contributed by atoms with Crippen molar-refractivity contribution in [1.29, 1.82) is 0 Å². The molecule has 0 aliphatic carbocycles. The molecule has 0 spiro atoms. The Kier molecular flexibility index (Phi) is 6.64. The van der Waals surface area contributed by atoms with Crippen molar-refractivity contribution in [3.8, 4) is 0 Å². The number of nitrogens with one attached hydrogen (secondary N) is 2. The molecule has 0 unspecified atom stereocenters. The van der Waals surface area contributed by atoms with Crippen LogP contribution in [0.3, 0.4) is 0 Å². The number of nitrogens with zero attached hydrogens (tertiary/aromatic N) is 3. The van der Waals surface area contributed by atoms with Gasteiger partial charge < -0.3 is 20.3 Å². The second-order valence-electron chi connectivity index (χ2n) is 7.09. The molecular formula is C21H27N5O3. The van der Waals surface area contributed by atoms with Crippen molar-refractivity contribution in [2.45, 2.75) is 39.7 Å². The minimum Gasteiger partial charge on any atom is -0.450 e. The Bertz CT molecular complexity index is 878. The maximum Gasteiger partial charge on any atom is 0.409 e. The molecule has 2 heterocycles. The van der Waals surface area contributed by atoms with E-state index in [1.54, 1.807) is 17.9 Å². The summed E-state index contributed by atoms with van der Waals surface area (Å²) in [5, 5.41) is 6.20. The molecule has 1 aliphatic heterocycles. The third-order valence-corrected chi connectivity index (χ3v) is 4.83. The van der Waals surface area contributed by atoms with Gasteiger partial charge in [0.2, 0.25) is 5.95 Å². The summed E-state index contributed by atoms with van der Waals surface area (Å²) in [4.78, 5) is 35.0. The highest BCUT2D eigenvalue weighted by Crippen LogP contribution is 2.17. The van der Waals surface area contributed by atoms with Crippen molar-refractivity contribution in [1.82, 2.24) is 14.9 Å². The zero-order chi connectivity index (χ0) is 20.8. The molecule has 1 aliphatic rings. The number of anilines is 2. The molecular weight excluding hydrogens is 370 g/mol. The first kappa shape index (κ1) is 20.6. The van der Waals surface area contributed by atoms with Crippen molar-refractivity contribution >= 4 is 23.6 Å². The lowest BCUT2D eigenvalue weighted by Crippen LogP contribution is -2.42. The van der Waals surface area contributed by atoms with E-state index in [0.29, 0.717) is 37.0 Å². The minimum absolute atomic E-state index is 0.134. The molecule has 8 heteroatoms. The maximum atomic E-state index is 12.7. The van der Waals surface area contributed by atoms with Crippen LogP contribution >= 0.6 is 0 Å². The number of aromatic nitrogens is 2. The fraction of sp³-hybridized carbons (Fsp3) is 0.429. The summed E-state index contributed by atoms with van der Waals surface area (Å²) in [7, 11) is 0. The van der Waals surface area contributed by atoms with Gasteiger partial charge in [0.1, 0.15) is 5.69 Å². The average molecular weight is 397 g/mol. The lowest BCUT2D eigenvalue weighted by Gasteiger charge is -2.31. The number of carbonyl (C=O) groups is 2. The van der Waals surface area contributed by atoms with Crippen LogP contribution < -0.4 is 10.6 Å². The van der Waals surface area contributed by atoms with Crippen LogP contribution in [0.15, 0.2) is 30.3 Å². The van der Waals surface area contributed by atoms with Gasteiger partial charge in [-0.15, -0.1) is 0 Å². The van der Waals surface area contributed by atoms with Crippen molar-refractivity contribution in [3.63, 3.8) is 0 Å². The maximum absolute atomic E-state index is 12.7. The number of hydrogen-bond acceptors (Lipinski definition) is 6. The number of ether oxygens (including phenoxy) is 1. The van der Waals surface area contributed by atoms with E-state index in [1.165, 1.54) is 0 Å². The topological polar surface area (TPSA) is 96.5 Å². The van der Waals surface area contributed by atoms with E-state index in [1.807, 2.05) is 38.1 Å². The fourth-order valence-corrected chi connectivity index (χ4v) is 3.25. The largest absolute Gasteiger partial charge is 0.450 e. The van der Waals surface area contributed by atoms with Crippen molar-refractivity contribution in [2.75, 3.05) is 30.3 Å². The van der Waals surface area contributed by atoms with E-state index in [2.05, 4.69) is 20.6 Å². The highest BCUT2D eigenvalue weighted by molar-refractivity contribution is 6.03. The Labute approximate surface area is 170 Å². The SMILES string of the molecule is CCOC(=O)N1CCC(Nc2nc(C)cc(C(=O)Nc3ccccc3C)n2)CC1. The molecule has 2 aromatic rings. The Morgan fingerprint density at radius 1 is 1.17 bits per heavy atom. The molecule has 1 aromatic carbocycles. The molecule has 1 saturated heterocycles. The third-order valence-electron chi connectivity index (χ3n) is 4.83. The number of amides is 2. The molecule has 0 atom stereocenters. The molecule has 1 fully saturated rings. The first-order chi connectivity index (χ1) is 14.0. The standard InChI is InChI=1S/C21H27N5O3/c1-4-29-21(28)26-11-9-16(10-12-26)23-20-22-15(3)13-18(25-20)19(27)24-17-8-6-5-7-14(17)2/h5-8,13,16H,4,9-12H2,1-3H3,(H,24,27)(H,22,23,25). The van der Waals surface area contributed by atoms with Crippen LogP contribution in [-0.4, -0.2) is 52.6 Å². The van der Waals surface area contributed by atoms with Gasteiger partial charge in [0, 0.05) is 30.5 Å². The molecule has 29 heavy (non-hydrogen) atoms. The molecule has 0 bridgehead atoms. The van der Waals surface area contributed by atoms with Gasteiger partial charge in [-0.05, 0) is 51.3 Å². The van der Waals surface area contributed by atoms with Gasteiger partial charge in [0.15, 0.2) is 0 Å². The van der Waals surface area contributed by atoms with Gasteiger partial charge in [-0.25, -0.2) is 14.8 Å². The normalized spacial score (nSPS) is 14.4. The number of carbonyl (C=O) groups excluding carboxylic acids is 2. The molecule has 1 aromatic heterocycles. The molecule has 2 amide bonds. The summed E-state index contributed by atoms with van der Waals surface area (Å²) in [5.74, 6) is 0.152. The predicted octanol–water partition coefficient (Wildman–Crippen LogP) is 3.38. The summed E-state index contributed by atoms with van der Waals surface area (Å²) < 4.78 is 5.05. The Balaban J connectivity index is 1.63. The Morgan fingerprint density at radius 2 is 1.90 bits per heavy atom. The van der Waals surface area contributed by atoms with E-state index in [4.69, 9.17) is 4.74 Å². The molecule has 2 N–H and O–H groups in total. The van der Waals surface area contributed by atoms with Crippen LogP contribution in [-0.2, 0) is 4.74 Å². The monoisotopic (exact) mass is 397 g/mol. The number of hydrogen-bond donors (Lipinski definition) is 2. The van der Waals surface area contributed by atoms with Gasteiger partial charge in [0.25, 0.3) is 5.91 Å². The summed E-state index contributed by atoms with van der Waals surface area (Å²) >= 11 is 0. The van der Waals surface area contributed by atoms with Crippen LogP contribution in [0.4, 0.5) is 16.4 Å².